The molecule has 288 valence electrons. The average molecular weight is 747 g/mol. The van der Waals surface area contributed by atoms with Crippen molar-refractivity contribution in [1.29, 1.82) is 0 Å². The summed E-state index contributed by atoms with van der Waals surface area (Å²) in [5.41, 5.74) is 0.914. The summed E-state index contributed by atoms with van der Waals surface area (Å²) in [6.07, 6.45) is 21.0. The molecule has 0 aliphatic carbocycles. The van der Waals surface area contributed by atoms with Gasteiger partial charge in [0.25, 0.3) is 5.91 Å². The summed E-state index contributed by atoms with van der Waals surface area (Å²) in [5, 5.41) is 24.0. The number of hydrogen-bond acceptors (Lipinski definition) is 6. The number of nitrogens with one attached hydrogen (secondary N) is 2. The van der Waals surface area contributed by atoms with Crippen molar-refractivity contribution in [2.24, 2.45) is 0 Å². The second-order valence-corrected chi connectivity index (χ2v) is 14.9. The number of carboxylic acids is 2. The van der Waals surface area contributed by atoms with Gasteiger partial charge in [0.1, 0.15) is 5.75 Å². The predicted molar refractivity (Wildman–Crippen MR) is 214 cm³/mol. The molecule has 0 saturated carbocycles. The molecule has 0 spiro atoms. The van der Waals surface area contributed by atoms with Gasteiger partial charge in [0.2, 0.25) is 5.91 Å². The standard InChI is InChI=1S/C43H58N2O7S/c1-3-4-5-6-7-8-9-10-11-12-13-14-15-16-17-18-26-44-40(46)33-20-19-21-38(31-33)53-39(27-32-22-24-37(52-2)25-23-32)41(47)45-36-29-34(42(48)49)28-35(30-36)43(50)51/h19-25,28-31,39H,3-18,26-27H2,1-2H3,(H,44,46)(H,45,47)(H,48,49)(H,50,51). The molecule has 53 heavy (non-hydrogen) atoms. The van der Waals surface area contributed by atoms with Gasteiger partial charge in [0.15, 0.2) is 0 Å². The summed E-state index contributed by atoms with van der Waals surface area (Å²) in [6, 6.07) is 17.9. The van der Waals surface area contributed by atoms with Crippen LogP contribution in [0.1, 0.15) is 146 Å². The molecule has 0 saturated heterocycles. The molecule has 3 rings (SSSR count). The Morgan fingerprint density at radius 1 is 0.660 bits per heavy atom. The normalized spacial score (nSPS) is 11.5. The number of aromatic carboxylic acids is 2. The Kier molecular flexibility index (Phi) is 20.2. The van der Waals surface area contributed by atoms with E-state index < -0.39 is 23.1 Å². The maximum absolute atomic E-state index is 13.7. The highest BCUT2D eigenvalue weighted by Crippen LogP contribution is 2.29. The number of benzene rings is 3. The third kappa shape index (κ3) is 16.9. The van der Waals surface area contributed by atoms with Gasteiger partial charge in [-0.3, -0.25) is 9.59 Å². The first kappa shape index (κ1) is 43.1. The van der Waals surface area contributed by atoms with E-state index >= 15 is 0 Å². The minimum atomic E-state index is -1.31. The molecule has 2 amide bonds. The fourth-order valence-electron chi connectivity index (χ4n) is 6.19. The third-order valence-corrected chi connectivity index (χ3v) is 10.4. The molecule has 10 heteroatoms. The molecule has 0 aromatic heterocycles. The van der Waals surface area contributed by atoms with E-state index in [1.807, 2.05) is 18.2 Å². The van der Waals surface area contributed by atoms with E-state index in [1.165, 1.54) is 114 Å². The van der Waals surface area contributed by atoms with E-state index in [1.54, 1.807) is 37.4 Å². The van der Waals surface area contributed by atoms with Gasteiger partial charge in [-0.1, -0.05) is 121 Å². The zero-order valence-corrected chi connectivity index (χ0v) is 32.3. The maximum Gasteiger partial charge on any atom is 0.335 e. The summed E-state index contributed by atoms with van der Waals surface area (Å²) in [6.45, 7) is 2.87. The molecule has 0 heterocycles. The zero-order valence-electron chi connectivity index (χ0n) is 31.5. The topological polar surface area (TPSA) is 142 Å². The lowest BCUT2D eigenvalue weighted by Crippen LogP contribution is -2.27. The monoisotopic (exact) mass is 746 g/mol. The fraction of sp³-hybridized carbons (Fsp3) is 0.488. The van der Waals surface area contributed by atoms with Gasteiger partial charge in [-0.05, 0) is 66.9 Å². The van der Waals surface area contributed by atoms with E-state index in [0.29, 0.717) is 29.2 Å². The van der Waals surface area contributed by atoms with Crippen molar-refractivity contribution in [2.45, 2.75) is 126 Å². The van der Waals surface area contributed by atoms with Gasteiger partial charge in [-0.15, -0.1) is 11.8 Å². The number of rotatable bonds is 27. The van der Waals surface area contributed by atoms with Gasteiger partial charge in [-0.25, -0.2) is 9.59 Å². The highest BCUT2D eigenvalue weighted by atomic mass is 32.2. The van der Waals surface area contributed by atoms with Crippen LogP contribution in [-0.4, -0.2) is 52.9 Å². The molecule has 0 fully saturated rings. The van der Waals surface area contributed by atoms with Gasteiger partial charge in [0.05, 0.1) is 23.5 Å². The number of unbranched alkanes of at least 4 members (excludes halogenated alkanes) is 15. The number of hydrogen-bond donors (Lipinski definition) is 4. The summed E-state index contributed by atoms with van der Waals surface area (Å²) in [7, 11) is 1.57. The second-order valence-electron chi connectivity index (χ2n) is 13.6. The predicted octanol–water partition coefficient (Wildman–Crippen LogP) is 10.4. The van der Waals surface area contributed by atoms with Gasteiger partial charge in [-0.2, -0.15) is 0 Å². The molecule has 1 atom stereocenters. The van der Waals surface area contributed by atoms with Crippen molar-refractivity contribution in [3.8, 4) is 5.75 Å². The number of methoxy groups -OCH3 is 1. The quantitative estimate of drug-likeness (QED) is 0.0446. The highest BCUT2D eigenvalue weighted by Gasteiger charge is 2.23. The van der Waals surface area contributed by atoms with Crippen molar-refractivity contribution < 1.29 is 34.1 Å². The molecule has 4 N–H and O–H groups in total. The molecule has 0 aliphatic rings. The van der Waals surface area contributed by atoms with Gasteiger partial charge in [0, 0.05) is 22.7 Å². The lowest BCUT2D eigenvalue weighted by molar-refractivity contribution is -0.115. The Morgan fingerprint density at radius 3 is 1.70 bits per heavy atom. The van der Waals surface area contributed by atoms with Crippen molar-refractivity contribution in [3.05, 3.63) is 89.0 Å². The van der Waals surface area contributed by atoms with E-state index in [4.69, 9.17) is 4.74 Å². The molecule has 0 radical (unpaired) electrons. The largest absolute Gasteiger partial charge is 0.497 e. The molecular formula is C43H58N2O7S. The summed E-state index contributed by atoms with van der Waals surface area (Å²) >= 11 is 1.27. The maximum atomic E-state index is 13.7. The van der Waals surface area contributed by atoms with Crippen LogP contribution in [0.25, 0.3) is 0 Å². The Balaban J connectivity index is 1.47. The smallest absolute Gasteiger partial charge is 0.335 e. The van der Waals surface area contributed by atoms with Crippen LogP contribution in [0, 0.1) is 0 Å². The number of ether oxygens (including phenoxy) is 1. The summed E-state index contributed by atoms with van der Waals surface area (Å²) in [4.78, 5) is 50.7. The minimum absolute atomic E-state index is 0.0647. The molecule has 9 nitrogen and oxygen atoms in total. The summed E-state index contributed by atoms with van der Waals surface area (Å²) in [5.74, 6) is -2.55. The Hall–Kier alpha value is -4.31. The van der Waals surface area contributed by atoms with Crippen molar-refractivity contribution in [1.82, 2.24) is 5.32 Å². The molecule has 0 bridgehead atoms. The number of carbonyl (C=O) groups excluding carboxylic acids is 2. The van der Waals surface area contributed by atoms with Crippen LogP contribution in [-0.2, 0) is 11.2 Å². The number of amides is 2. The van der Waals surface area contributed by atoms with Gasteiger partial charge >= 0.3 is 11.9 Å². The van der Waals surface area contributed by atoms with Crippen LogP contribution < -0.4 is 15.4 Å². The number of thioether (sulfide) groups is 1. The van der Waals surface area contributed by atoms with Crippen LogP contribution in [0.3, 0.4) is 0 Å². The van der Waals surface area contributed by atoms with E-state index in [-0.39, 0.29) is 22.7 Å². The van der Waals surface area contributed by atoms with E-state index in [0.717, 1.165) is 24.5 Å². The van der Waals surface area contributed by atoms with Crippen molar-refractivity contribution >= 4 is 41.2 Å². The van der Waals surface area contributed by atoms with Crippen LogP contribution >= 0.6 is 11.8 Å². The number of carboxylic acid groups (broad SMARTS) is 2. The van der Waals surface area contributed by atoms with Crippen LogP contribution in [0.5, 0.6) is 5.75 Å². The van der Waals surface area contributed by atoms with Crippen LogP contribution in [0.15, 0.2) is 71.6 Å². The molecular weight excluding hydrogens is 689 g/mol. The zero-order chi connectivity index (χ0) is 38.3. The van der Waals surface area contributed by atoms with Crippen LogP contribution in [0.2, 0.25) is 0 Å². The lowest BCUT2D eigenvalue weighted by atomic mass is 10.0. The minimum Gasteiger partial charge on any atom is -0.497 e. The Bertz CT molecular complexity index is 1540. The van der Waals surface area contributed by atoms with E-state index in [9.17, 15) is 29.4 Å². The second kappa shape index (κ2) is 24.8. The lowest BCUT2D eigenvalue weighted by Gasteiger charge is -2.18. The van der Waals surface area contributed by atoms with Gasteiger partial charge < -0.3 is 25.6 Å². The molecule has 0 aliphatic heterocycles. The number of carbonyl (C=O) groups is 4. The first-order valence-corrected chi connectivity index (χ1v) is 20.2. The molecule has 1 unspecified atom stereocenters. The molecule has 3 aromatic carbocycles. The highest BCUT2D eigenvalue weighted by molar-refractivity contribution is 8.00. The summed E-state index contributed by atoms with van der Waals surface area (Å²) < 4.78 is 5.26. The fourth-order valence-corrected chi connectivity index (χ4v) is 7.31. The number of anilines is 1. The Morgan fingerprint density at radius 2 is 1.19 bits per heavy atom. The van der Waals surface area contributed by atoms with Crippen molar-refractivity contribution in [3.63, 3.8) is 0 Å². The third-order valence-electron chi connectivity index (χ3n) is 9.26. The SMILES string of the molecule is CCCCCCCCCCCCCCCCCCNC(=O)c1cccc(SC(Cc2ccc(OC)cc2)C(=O)Nc2cc(C(=O)O)cc(C(=O)O)c2)c1. The Labute approximate surface area is 319 Å². The van der Waals surface area contributed by atoms with Crippen molar-refractivity contribution in [2.75, 3.05) is 19.0 Å². The van der Waals surface area contributed by atoms with E-state index in [2.05, 4.69) is 17.6 Å². The average Bonchev–Trinajstić information content (AvgIpc) is 3.15. The first-order valence-electron chi connectivity index (χ1n) is 19.3. The molecule has 3 aromatic rings. The first-order chi connectivity index (χ1) is 25.7. The van der Waals surface area contributed by atoms with Crippen LogP contribution in [0.4, 0.5) is 5.69 Å².